The van der Waals surface area contributed by atoms with Crippen LogP contribution in [0.2, 0.25) is 0 Å². The number of rotatable bonds is 4. The van der Waals surface area contributed by atoms with Crippen molar-refractivity contribution in [2.75, 3.05) is 25.0 Å². The van der Waals surface area contributed by atoms with Gasteiger partial charge >= 0.3 is 12.1 Å². The van der Waals surface area contributed by atoms with Crippen molar-refractivity contribution in [2.24, 2.45) is 0 Å². The molecule has 1 aliphatic heterocycles. The minimum atomic E-state index is -4.61. The molecule has 0 radical (unpaired) electrons. The van der Waals surface area contributed by atoms with E-state index in [4.69, 9.17) is 0 Å². The zero-order valence-electron chi connectivity index (χ0n) is 13.6. The summed E-state index contributed by atoms with van der Waals surface area (Å²) in [7, 11) is 1.83. The van der Waals surface area contributed by atoms with Crippen molar-refractivity contribution < 1.29 is 17.6 Å². The third kappa shape index (κ3) is 3.17. The second-order valence-electron chi connectivity index (χ2n) is 6.50. The normalized spacial score (nSPS) is 17.9. The van der Waals surface area contributed by atoms with Crippen LogP contribution in [0.5, 0.6) is 0 Å². The fourth-order valence-corrected chi connectivity index (χ4v) is 3.17. The molecule has 0 N–H and O–H groups in total. The molecule has 1 aliphatic carbocycles. The lowest BCUT2D eigenvalue weighted by molar-refractivity contribution is -0.157. The van der Waals surface area contributed by atoms with Crippen LogP contribution in [0.1, 0.15) is 29.5 Å². The molecule has 2 aliphatic rings. The first kappa shape index (κ1) is 16.2. The van der Waals surface area contributed by atoms with Gasteiger partial charge in [0.05, 0.1) is 12.2 Å². The fraction of sp³-hybridized carbons (Fsp3) is 0.600. The molecule has 0 amide bonds. The van der Waals surface area contributed by atoms with Gasteiger partial charge in [-0.1, -0.05) is 0 Å². The Morgan fingerprint density at radius 2 is 2.00 bits per heavy atom. The smallest absolute Gasteiger partial charge is 0.416 e. The van der Waals surface area contributed by atoms with Crippen molar-refractivity contribution in [3.8, 4) is 0 Å². The van der Waals surface area contributed by atoms with E-state index in [2.05, 4.69) is 35.8 Å². The summed E-state index contributed by atoms with van der Waals surface area (Å²) in [5.41, 5.74) is 2.36. The first-order chi connectivity index (χ1) is 11.9. The third-order valence-electron chi connectivity index (χ3n) is 4.71. The highest BCUT2D eigenvalue weighted by Gasteiger charge is 2.38. The molecule has 0 atom stereocenters. The molecule has 0 bridgehead atoms. The molecule has 3 heterocycles. The van der Waals surface area contributed by atoms with Crippen LogP contribution in [-0.4, -0.2) is 51.5 Å². The summed E-state index contributed by atoms with van der Waals surface area (Å²) in [6, 6.07) is 2.29. The van der Waals surface area contributed by atoms with Crippen LogP contribution in [0.4, 0.5) is 19.0 Å². The van der Waals surface area contributed by atoms with Gasteiger partial charge in [0.25, 0.3) is 0 Å². The summed E-state index contributed by atoms with van der Waals surface area (Å²) < 4.78 is 42.1. The number of anilines is 1. The van der Waals surface area contributed by atoms with E-state index in [-0.39, 0.29) is 18.5 Å². The number of fused-ring (bicyclic) bond motifs is 1. The number of nitrogens with zero attached hydrogens (tertiary/aromatic N) is 6. The van der Waals surface area contributed by atoms with Gasteiger partial charge in [-0.15, -0.1) is 15.3 Å². The predicted octanol–water partition coefficient (Wildman–Crippen LogP) is 1.69. The van der Waals surface area contributed by atoms with E-state index in [1.54, 1.807) is 0 Å². The lowest BCUT2D eigenvalue weighted by Gasteiger charge is -2.44. The second kappa shape index (κ2) is 5.94. The summed E-state index contributed by atoms with van der Waals surface area (Å²) >= 11 is 0. The first-order valence-electron chi connectivity index (χ1n) is 8.10. The summed E-state index contributed by atoms with van der Waals surface area (Å²) in [6.07, 6.45) is -1.43. The number of aromatic nitrogens is 4. The highest BCUT2D eigenvalue weighted by Crippen LogP contribution is 2.29. The van der Waals surface area contributed by atoms with Crippen LogP contribution in [-0.2, 0) is 25.6 Å². The topological polar surface area (TPSA) is 71.2 Å². The highest BCUT2D eigenvalue weighted by atomic mass is 19.4. The summed E-state index contributed by atoms with van der Waals surface area (Å²) in [5, 5.41) is 15.1. The molecule has 10 heteroatoms. The van der Waals surface area contributed by atoms with Gasteiger partial charge in [-0.2, -0.15) is 18.3 Å². The Hall–Kier alpha value is -2.23. The van der Waals surface area contributed by atoms with E-state index in [0.29, 0.717) is 0 Å². The number of hydrogen-bond donors (Lipinski definition) is 0. The number of alkyl halides is 3. The minimum absolute atomic E-state index is 0.0365. The molecule has 2 aromatic rings. The van der Waals surface area contributed by atoms with E-state index in [9.17, 15) is 13.2 Å². The molecular weight excluding hydrogens is 337 g/mol. The van der Waals surface area contributed by atoms with E-state index >= 15 is 0 Å². The minimum Gasteiger partial charge on any atom is -0.416 e. The molecule has 0 saturated carbocycles. The highest BCUT2D eigenvalue weighted by molar-refractivity contribution is 5.45. The Bertz CT molecular complexity index is 771. The third-order valence-corrected chi connectivity index (χ3v) is 4.71. The Morgan fingerprint density at radius 1 is 1.20 bits per heavy atom. The quantitative estimate of drug-likeness (QED) is 0.827. The molecule has 134 valence electrons. The van der Waals surface area contributed by atoms with Crippen LogP contribution in [0.15, 0.2) is 10.5 Å². The van der Waals surface area contributed by atoms with E-state index < -0.39 is 12.1 Å². The Kier molecular flexibility index (Phi) is 3.86. The average Bonchev–Trinajstić information content (AvgIpc) is 3.13. The van der Waals surface area contributed by atoms with Crippen LogP contribution in [0.25, 0.3) is 0 Å². The fourth-order valence-electron chi connectivity index (χ4n) is 3.17. The monoisotopic (exact) mass is 354 g/mol. The Balaban J connectivity index is 1.33. The molecule has 1 saturated heterocycles. The zero-order valence-corrected chi connectivity index (χ0v) is 13.6. The lowest BCUT2D eigenvalue weighted by Crippen LogP contribution is -2.58. The van der Waals surface area contributed by atoms with E-state index in [1.807, 2.05) is 11.9 Å². The molecule has 25 heavy (non-hydrogen) atoms. The maximum atomic E-state index is 12.5. The van der Waals surface area contributed by atoms with Crippen molar-refractivity contribution in [3.05, 3.63) is 29.1 Å². The first-order valence-corrected chi connectivity index (χ1v) is 8.10. The van der Waals surface area contributed by atoms with Crippen LogP contribution in [0, 0.1) is 0 Å². The summed E-state index contributed by atoms with van der Waals surface area (Å²) in [5.74, 6) is -0.479. The van der Waals surface area contributed by atoms with Gasteiger partial charge in [-0.05, 0) is 37.9 Å². The molecule has 1 fully saturated rings. The number of halogens is 3. The van der Waals surface area contributed by atoms with Gasteiger partial charge in [0.2, 0.25) is 5.89 Å². The van der Waals surface area contributed by atoms with E-state index in [0.717, 1.165) is 43.9 Å². The number of likely N-dealkylation sites (N-methyl/N-ethyl adjacent to an activating group) is 1. The van der Waals surface area contributed by atoms with Gasteiger partial charge < -0.3 is 9.32 Å². The van der Waals surface area contributed by atoms with Crippen molar-refractivity contribution in [2.45, 2.75) is 38.0 Å². The maximum absolute atomic E-state index is 12.5. The maximum Gasteiger partial charge on any atom is 0.470 e. The molecule has 4 rings (SSSR count). The molecule has 0 aromatic carbocycles. The summed E-state index contributed by atoms with van der Waals surface area (Å²) in [6.45, 7) is 1.66. The molecule has 0 unspecified atom stereocenters. The number of hydrogen-bond acceptors (Lipinski definition) is 7. The van der Waals surface area contributed by atoms with E-state index in [1.165, 1.54) is 5.56 Å². The van der Waals surface area contributed by atoms with Crippen LogP contribution in [0.3, 0.4) is 0 Å². The van der Waals surface area contributed by atoms with Crippen molar-refractivity contribution in [1.29, 1.82) is 0 Å². The second-order valence-corrected chi connectivity index (χ2v) is 6.50. The lowest BCUT2D eigenvalue weighted by atomic mass is 10.1. The summed E-state index contributed by atoms with van der Waals surface area (Å²) in [4.78, 5) is 4.02. The zero-order chi connectivity index (χ0) is 17.6. The number of aryl methyl sites for hydroxylation is 2. The van der Waals surface area contributed by atoms with Gasteiger partial charge in [0, 0.05) is 19.1 Å². The van der Waals surface area contributed by atoms with Crippen LogP contribution >= 0.6 is 0 Å². The van der Waals surface area contributed by atoms with Crippen molar-refractivity contribution in [3.63, 3.8) is 0 Å². The van der Waals surface area contributed by atoms with Gasteiger partial charge in [-0.25, -0.2) is 0 Å². The largest absolute Gasteiger partial charge is 0.470 e. The van der Waals surface area contributed by atoms with Crippen molar-refractivity contribution in [1.82, 2.24) is 25.3 Å². The average molecular weight is 354 g/mol. The Morgan fingerprint density at radius 3 is 2.72 bits per heavy atom. The van der Waals surface area contributed by atoms with Gasteiger partial charge in [0.15, 0.2) is 5.82 Å². The predicted molar refractivity (Wildman–Crippen MR) is 80.8 cm³/mol. The van der Waals surface area contributed by atoms with Crippen molar-refractivity contribution >= 4 is 5.82 Å². The SMILES string of the molecule is CN(Cc1nnc(C(F)(F)F)o1)C1CN(c2cc3c(nn2)CCC3)C1. The molecular formula is C15H17F3N6O. The van der Waals surface area contributed by atoms with Crippen LogP contribution < -0.4 is 4.90 Å². The van der Waals surface area contributed by atoms with Gasteiger partial charge in [0.1, 0.15) is 0 Å². The molecule has 2 aromatic heterocycles. The Labute approximate surface area is 141 Å². The standard InChI is InChI=1S/C15H17F3N6O/c1-23(8-13-21-22-14(25-13)15(16,17)18)10-6-24(7-10)12-5-9-3-2-4-11(9)19-20-12/h5,10H,2-4,6-8H2,1H3. The van der Waals surface area contributed by atoms with Gasteiger partial charge in [-0.3, -0.25) is 4.90 Å². The molecule has 0 spiro atoms. The molecule has 7 nitrogen and oxygen atoms in total.